The van der Waals surface area contributed by atoms with Crippen molar-refractivity contribution in [2.75, 3.05) is 38.5 Å². The van der Waals surface area contributed by atoms with Crippen LogP contribution in [0, 0.1) is 0 Å². The maximum absolute atomic E-state index is 12.1. The first-order valence-corrected chi connectivity index (χ1v) is 6.93. The van der Waals surface area contributed by atoms with Crippen LogP contribution in [0.1, 0.15) is 5.56 Å². The summed E-state index contributed by atoms with van der Waals surface area (Å²) < 4.78 is 0. The smallest absolute Gasteiger partial charge is 0.227 e. The van der Waals surface area contributed by atoms with E-state index in [-0.39, 0.29) is 5.91 Å². The minimum absolute atomic E-state index is 0.215. The highest BCUT2D eigenvalue weighted by Gasteiger charge is 2.20. The van der Waals surface area contributed by atoms with Crippen molar-refractivity contribution >= 4 is 18.5 Å². The number of pyridine rings is 1. The summed E-state index contributed by atoms with van der Waals surface area (Å²) >= 11 is 4.23. The lowest BCUT2D eigenvalue weighted by atomic mass is 10.1. The largest absolute Gasteiger partial charge is 0.340 e. The normalized spacial score (nSPS) is 16.8. The third-order valence-electron chi connectivity index (χ3n) is 3.25. The van der Waals surface area contributed by atoms with Crippen LogP contribution in [0.5, 0.6) is 0 Å². The van der Waals surface area contributed by atoms with Crippen molar-refractivity contribution in [1.29, 1.82) is 0 Å². The van der Waals surface area contributed by atoms with Crippen molar-refractivity contribution in [3.63, 3.8) is 0 Å². The van der Waals surface area contributed by atoms with E-state index in [2.05, 4.69) is 22.5 Å². The minimum Gasteiger partial charge on any atom is -0.340 e. The van der Waals surface area contributed by atoms with E-state index < -0.39 is 0 Å². The standard InChI is InChI=1S/C13H19N3OS/c17-13(11-12-1-3-14-4-2-12)16-7-5-15(6-8-16)9-10-18/h1-4,18H,5-11H2. The zero-order chi connectivity index (χ0) is 12.8. The molecule has 0 N–H and O–H groups in total. The summed E-state index contributed by atoms with van der Waals surface area (Å²) in [4.78, 5) is 20.4. The van der Waals surface area contributed by atoms with Crippen LogP contribution < -0.4 is 0 Å². The second kappa shape index (κ2) is 6.75. The molecule has 0 bridgehead atoms. The van der Waals surface area contributed by atoms with Crippen molar-refractivity contribution in [3.8, 4) is 0 Å². The first-order chi connectivity index (χ1) is 8.79. The van der Waals surface area contributed by atoms with Gasteiger partial charge in [-0.1, -0.05) is 0 Å². The van der Waals surface area contributed by atoms with E-state index in [0.29, 0.717) is 6.42 Å². The molecule has 4 nitrogen and oxygen atoms in total. The molecule has 0 unspecified atom stereocenters. The number of nitrogens with zero attached hydrogens (tertiary/aromatic N) is 3. The van der Waals surface area contributed by atoms with Gasteiger partial charge in [-0.05, 0) is 17.7 Å². The van der Waals surface area contributed by atoms with Gasteiger partial charge in [0.2, 0.25) is 5.91 Å². The van der Waals surface area contributed by atoms with Gasteiger partial charge in [-0.2, -0.15) is 12.6 Å². The highest BCUT2D eigenvalue weighted by Crippen LogP contribution is 2.06. The Bertz CT molecular complexity index is 377. The Morgan fingerprint density at radius 3 is 2.50 bits per heavy atom. The lowest BCUT2D eigenvalue weighted by molar-refractivity contribution is -0.132. The molecule has 1 fully saturated rings. The van der Waals surface area contributed by atoms with Crippen molar-refractivity contribution in [2.45, 2.75) is 6.42 Å². The number of amides is 1. The van der Waals surface area contributed by atoms with Crippen LogP contribution in [-0.2, 0) is 11.2 Å². The SMILES string of the molecule is O=C(Cc1ccncc1)N1CCN(CCS)CC1. The van der Waals surface area contributed by atoms with E-state index in [9.17, 15) is 4.79 Å². The summed E-state index contributed by atoms with van der Waals surface area (Å²) in [5.74, 6) is 1.09. The lowest BCUT2D eigenvalue weighted by Crippen LogP contribution is -2.49. The molecule has 1 saturated heterocycles. The van der Waals surface area contributed by atoms with Crippen LogP contribution in [0.4, 0.5) is 0 Å². The Balaban J connectivity index is 1.81. The Labute approximate surface area is 113 Å². The molecule has 98 valence electrons. The van der Waals surface area contributed by atoms with Gasteiger partial charge in [0.25, 0.3) is 0 Å². The minimum atomic E-state index is 0.215. The van der Waals surface area contributed by atoms with Crippen molar-refractivity contribution < 1.29 is 4.79 Å². The Hall–Kier alpha value is -1.07. The first kappa shape index (κ1) is 13.4. The van der Waals surface area contributed by atoms with Crippen molar-refractivity contribution in [3.05, 3.63) is 30.1 Å². The molecule has 1 aromatic heterocycles. The van der Waals surface area contributed by atoms with Crippen LogP contribution in [0.15, 0.2) is 24.5 Å². The van der Waals surface area contributed by atoms with Gasteiger partial charge in [-0.3, -0.25) is 14.7 Å². The number of rotatable bonds is 4. The van der Waals surface area contributed by atoms with E-state index in [1.54, 1.807) is 12.4 Å². The predicted molar refractivity (Wildman–Crippen MR) is 74.8 cm³/mol. The van der Waals surface area contributed by atoms with Crippen LogP contribution in [0.25, 0.3) is 0 Å². The molecular formula is C13H19N3OS. The van der Waals surface area contributed by atoms with Gasteiger partial charge in [-0.15, -0.1) is 0 Å². The van der Waals surface area contributed by atoms with Crippen molar-refractivity contribution in [1.82, 2.24) is 14.8 Å². The van der Waals surface area contributed by atoms with Gasteiger partial charge in [0.1, 0.15) is 0 Å². The van der Waals surface area contributed by atoms with Crippen LogP contribution in [0.3, 0.4) is 0 Å². The van der Waals surface area contributed by atoms with E-state index in [0.717, 1.165) is 44.0 Å². The average Bonchev–Trinajstić information content (AvgIpc) is 2.41. The van der Waals surface area contributed by atoms with E-state index in [1.807, 2.05) is 17.0 Å². The van der Waals surface area contributed by atoms with E-state index in [1.165, 1.54) is 0 Å². The third kappa shape index (κ3) is 3.71. The molecule has 0 aliphatic carbocycles. The number of thiol groups is 1. The molecule has 0 spiro atoms. The van der Waals surface area contributed by atoms with Crippen LogP contribution in [-0.4, -0.2) is 59.2 Å². The summed E-state index contributed by atoms with van der Waals surface area (Å²) in [6.07, 6.45) is 3.94. The summed E-state index contributed by atoms with van der Waals surface area (Å²) in [5, 5.41) is 0. The summed E-state index contributed by atoms with van der Waals surface area (Å²) in [5.41, 5.74) is 1.03. The van der Waals surface area contributed by atoms with Gasteiger partial charge >= 0.3 is 0 Å². The fourth-order valence-electron chi connectivity index (χ4n) is 2.15. The molecule has 0 aromatic carbocycles. The second-order valence-corrected chi connectivity index (χ2v) is 4.93. The number of piperazine rings is 1. The molecule has 2 heterocycles. The number of aromatic nitrogens is 1. The average molecular weight is 265 g/mol. The number of carbonyl (C=O) groups is 1. The second-order valence-electron chi connectivity index (χ2n) is 4.48. The molecule has 1 aliphatic rings. The van der Waals surface area contributed by atoms with Crippen LogP contribution in [0.2, 0.25) is 0 Å². The lowest BCUT2D eigenvalue weighted by Gasteiger charge is -2.34. The summed E-state index contributed by atoms with van der Waals surface area (Å²) in [7, 11) is 0. The van der Waals surface area contributed by atoms with Gasteiger partial charge in [-0.25, -0.2) is 0 Å². The van der Waals surface area contributed by atoms with Gasteiger partial charge in [0, 0.05) is 50.9 Å². The Morgan fingerprint density at radius 2 is 1.89 bits per heavy atom. The summed E-state index contributed by atoms with van der Waals surface area (Å²) in [6.45, 7) is 4.59. The molecule has 0 saturated carbocycles. The zero-order valence-electron chi connectivity index (χ0n) is 10.5. The Kier molecular flexibility index (Phi) is 5.01. The maximum Gasteiger partial charge on any atom is 0.227 e. The molecule has 0 atom stereocenters. The fourth-order valence-corrected chi connectivity index (χ4v) is 2.43. The van der Waals surface area contributed by atoms with E-state index >= 15 is 0 Å². The monoisotopic (exact) mass is 265 g/mol. The molecule has 1 aliphatic heterocycles. The molecule has 1 amide bonds. The number of carbonyl (C=O) groups excluding carboxylic acids is 1. The summed E-state index contributed by atoms with van der Waals surface area (Å²) in [6, 6.07) is 3.80. The van der Waals surface area contributed by atoms with Gasteiger partial charge in [0.05, 0.1) is 6.42 Å². The maximum atomic E-state index is 12.1. The van der Waals surface area contributed by atoms with E-state index in [4.69, 9.17) is 0 Å². The molecular weight excluding hydrogens is 246 g/mol. The predicted octanol–water partition coefficient (Wildman–Crippen LogP) is 0.698. The van der Waals surface area contributed by atoms with Crippen molar-refractivity contribution in [2.24, 2.45) is 0 Å². The number of hydrogen-bond acceptors (Lipinski definition) is 4. The zero-order valence-corrected chi connectivity index (χ0v) is 11.4. The topological polar surface area (TPSA) is 36.4 Å². The Morgan fingerprint density at radius 1 is 1.22 bits per heavy atom. The first-order valence-electron chi connectivity index (χ1n) is 6.29. The van der Waals surface area contributed by atoms with Crippen LogP contribution >= 0.6 is 12.6 Å². The molecule has 2 rings (SSSR count). The number of hydrogen-bond donors (Lipinski definition) is 1. The van der Waals surface area contributed by atoms with Gasteiger partial charge in [0.15, 0.2) is 0 Å². The molecule has 0 radical (unpaired) electrons. The quantitative estimate of drug-likeness (QED) is 0.814. The third-order valence-corrected chi connectivity index (χ3v) is 3.45. The molecule has 5 heteroatoms. The highest BCUT2D eigenvalue weighted by atomic mass is 32.1. The molecule has 1 aromatic rings. The molecule has 18 heavy (non-hydrogen) atoms. The fraction of sp³-hybridized carbons (Fsp3) is 0.538. The highest BCUT2D eigenvalue weighted by molar-refractivity contribution is 7.80. The van der Waals surface area contributed by atoms with Gasteiger partial charge < -0.3 is 4.90 Å².